The monoisotopic (exact) mass is 420 g/mol. The summed E-state index contributed by atoms with van der Waals surface area (Å²) in [6.07, 6.45) is 5.50. The molecule has 0 aliphatic rings. The van der Waals surface area contributed by atoms with Crippen molar-refractivity contribution in [2.45, 2.75) is 45.6 Å². The summed E-state index contributed by atoms with van der Waals surface area (Å²) in [5.74, 6) is -1.39. The first kappa shape index (κ1) is 22.3. The molecule has 1 unspecified atom stereocenters. The molecular formula is C25H28N2O4. The Kier molecular flexibility index (Phi) is 7.60. The van der Waals surface area contributed by atoms with Gasteiger partial charge in [-0.2, -0.15) is 0 Å². The van der Waals surface area contributed by atoms with Crippen molar-refractivity contribution >= 4 is 11.9 Å². The third-order valence-corrected chi connectivity index (χ3v) is 5.45. The average Bonchev–Trinajstić information content (AvgIpc) is 3.14. The normalized spacial score (nSPS) is 11.9. The Morgan fingerprint density at radius 1 is 0.968 bits per heavy atom. The van der Waals surface area contributed by atoms with E-state index in [-0.39, 0.29) is 5.56 Å². The molecule has 0 radical (unpaired) electrons. The molecule has 0 saturated carbocycles. The number of aromatic nitrogens is 2. The Balaban J connectivity index is 1.85. The lowest BCUT2D eigenvalue weighted by Gasteiger charge is -2.16. The second kappa shape index (κ2) is 10.6. The van der Waals surface area contributed by atoms with Crippen LogP contribution < -0.4 is 0 Å². The molecule has 6 nitrogen and oxygen atoms in total. The maximum atomic E-state index is 12.0. The number of carboxylic acids is 2. The second-order valence-electron chi connectivity index (χ2n) is 7.79. The van der Waals surface area contributed by atoms with Crippen LogP contribution in [0.1, 0.15) is 52.8 Å². The molecule has 1 heterocycles. The molecule has 0 bridgehead atoms. The fourth-order valence-electron chi connectivity index (χ4n) is 3.68. The van der Waals surface area contributed by atoms with Crippen molar-refractivity contribution in [1.29, 1.82) is 0 Å². The van der Waals surface area contributed by atoms with Crippen molar-refractivity contribution in [2.75, 3.05) is 0 Å². The van der Waals surface area contributed by atoms with Crippen molar-refractivity contribution in [3.8, 4) is 0 Å². The zero-order valence-electron chi connectivity index (χ0n) is 17.7. The summed E-state index contributed by atoms with van der Waals surface area (Å²) in [4.78, 5) is 27.7. The van der Waals surface area contributed by atoms with Gasteiger partial charge in [-0.3, -0.25) is 4.79 Å². The van der Waals surface area contributed by atoms with Crippen LogP contribution in [0.15, 0.2) is 60.8 Å². The van der Waals surface area contributed by atoms with Crippen LogP contribution in [-0.2, 0) is 30.6 Å². The minimum Gasteiger partial charge on any atom is -0.481 e. The lowest BCUT2D eigenvalue weighted by molar-refractivity contribution is -0.141. The van der Waals surface area contributed by atoms with Gasteiger partial charge in [-0.1, -0.05) is 55.8 Å². The molecule has 162 valence electrons. The Labute approximate surface area is 182 Å². The van der Waals surface area contributed by atoms with Gasteiger partial charge in [-0.05, 0) is 36.1 Å². The van der Waals surface area contributed by atoms with Crippen LogP contribution in [0.4, 0.5) is 0 Å². The van der Waals surface area contributed by atoms with E-state index in [0.29, 0.717) is 19.4 Å². The highest BCUT2D eigenvalue weighted by Crippen LogP contribution is 2.19. The van der Waals surface area contributed by atoms with Gasteiger partial charge in [0.2, 0.25) is 0 Å². The summed E-state index contributed by atoms with van der Waals surface area (Å²) in [6.45, 7) is 2.66. The minimum atomic E-state index is -0.955. The third kappa shape index (κ3) is 6.04. The van der Waals surface area contributed by atoms with E-state index < -0.39 is 17.9 Å². The van der Waals surface area contributed by atoms with Gasteiger partial charge < -0.3 is 14.8 Å². The molecule has 1 aromatic heterocycles. The van der Waals surface area contributed by atoms with E-state index in [1.165, 1.54) is 0 Å². The first-order chi connectivity index (χ1) is 15.0. The Hall–Kier alpha value is -3.41. The quantitative estimate of drug-likeness (QED) is 0.478. The predicted octanol–water partition coefficient (Wildman–Crippen LogP) is 4.46. The summed E-state index contributed by atoms with van der Waals surface area (Å²) in [6, 6.07) is 16.4. The minimum absolute atomic E-state index is 0.245. The largest absolute Gasteiger partial charge is 0.481 e. The Bertz CT molecular complexity index is 1010. The molecule has 31 heavy (non-hydrogen) atoms. The van der Waals surface area contributed by atoms with Crippen LogP contribution in [0.3, 0.4) is 0 Å². The molecule has 6 heteroatoms. The molecule has 1 atom stereocenters. The number of hydrogen-bond acceptors (Lipinski definition) is 3. The number of aromatic carboxylic acids is 1. The molecule has 0 aliphatic heterocycles. The van der Waals surface area contributed by atoms with E-state index in [1.54, 1.807) is 30.5 Å². The number of nitrogens with zero attached hydrogens (tertiary/aromatic N) is 2. The number of unbranched alkanes of at least 4 members (excludes halogenated alkanes) is 1. The summed E-state index contributed by atoms with van der Waals surface area (Å²) in [5.41, 5.74) is 3.08. The van der Waals surface area contributed by atoms with Gasteiger partial charge in [0.05, 0.1) is 11.5 Å². The highest BCUT2D eigenvalue weighted by molar-refractivity contribution is 5.87. The SMILES string of the molecule is CCCCc1ncc(CC(Cc2ccccc2)C(=O)O)n1Cc1ccc(C(=O)O)cc1. The molecule has 3 aromatic rings. The van der Waals surface area contributed by atoms with Gasteiger partial charge in [0.1, 0.15) is 5.82 Å². The van der Waals surface area contributed by atoms with Crippen LogP contribution in [0.2, 0.25) is 0 Å². The third-order valence-electron chi connectivity index (χ3n) is 5.45. The summed E-state index contributed by atoms with van der Waals surface area (Å²) in [7, 11) is 0. The average molecular weight is 421 g/mol. The van der Waals surface area contributed by atoms with Gasteiger partial charge >= 0.3 is 11.9 Å². The zero-order valence-corrected chi connectivity index (χ0v) is 17.7. The highest BCUT2D eigenvalue weighted by atomic mass is 16.4. The van der Waals surface area contributed by atoms with Crippen LogP contribution in [0, 0.1) is 5.92 Å². The van der Waals surface area contributed by atoms with Gasteiger partial charge in [0.25, 0.3) is 0 Å². The maximum absolute atomic E-state index is 12.0. The van der Waals surface area contributed by atoms with Gasteiger partial charge in [-0.15, -0.1) is 0 Å². The van der Waals surface area contributed by atoms with Crippen LogP contribution in [0.25, 0.3) is 0 Å². The standard InChI is InChI=1S/C25H28N2O4/c1-2-3-9-23-26-16-22(15-21(25(30)31)14-18-7-5-4-6-8-18)27(23)17-19-10-12-20(13-11-19)24(28)29/h4-8,10-13,16,21H,2-3,9,14-15,17H2,1H3,(H,28,29)(H,30,31). The molecule has 2 N–H and O–H groups in total. The number of carbonyl (C=O) groups is 2. The van der Waals surface area contributed by atoms with Crippen LogP contribution in [0.5, 0.6) is 0 Å². The Morgan fingerprint density at radius 2 is 1.68 bits per heavy atom. The fourth-order valence-corrected chi connectivity index (χ4v) is 3.68. The van der Waals surface area contributed by atoms with Crippen molar-refractivity contribution < 1.29 is 19.8 Å². The molecular weight excluding hydrogens is 392 g/mol. The van der Waals surface area contributed by atoms with Crippen LogP contribution in [-0.4, -0.2) is 31.7 Å². The molecule has 0 fully saturated rings. The summed E-state index contributed by atoms with van der Waals surface area (Å²) >= 11 is 0. The highest BCUT2D eigenvalue weighted by Gasteiger charge is 2.22. The van der Waals surface area contributed by atoms with Crippen molar-refractivity contribution in [3.63, 3.8) is 0 Å². The van der Waals surface area contributed by atoms with E-state index in [4.69, 9.17) is 5.11 Å². The lowest BCUT2D eigenvalue weighted by Crippen LogP contribution is -2.21. The smallest absolute Gasteiger partial charge is 0.335 e. The van der Waals surface area contributed by atoms with Gasteiger partial charge in [0, 0.05) is 31.3 Å². The number of aryl methyl sites for hydroxylation is 1. The summed E-state index contributed by atoms with van der Waals surface area (Å²) < 4.78 is 2.09. The fraction of sp³-hybridized carbons (Fsp3) is 0.320. The molecule has 0 spiro atoms. The first-order valence-corrected chi connectivity index (χ1v) is 10.6. The number of carboxylic acid groups (broad SMARTS) is 2. The second-order valence-corrected chi connectivity index (χ2v) is 7.79. The van der Waals surface area contributed by atoms with E-state index in [2.05, 4.69) is 16.5 Å². The van der Waals surface area contributed by atoms with E-state index >= 15 is 0 Å². The van der Waals surface area contributed by atoms with Crippen molar-refractivity contribution in [1.82, 2.24) is 9.55 Å². The predicted molar refractivity (Wildman–Crippen MR) is 118 cm³/mol. The van der Waals surface area contributed by atoms with E-state index in [0.717, 1.165) is 41.9 Å². The van der Waals surface area contributed by atoms with E-state index in [9.17, 15) is 14.7 Å². The van der Waals surface area contributed by atoms with Crippen molar-refractivity contribution in [3.05, 3.63) is 89.0 Å². The molecule has 2 aromatic carbocycles. The zero-order chi connectivity index (χ0) is 22.2. The number of imidazole rings is 1. The molecule has 0 saturated heterocycles. The lowest BCUT2D eigenvalue weighted by atomic mass is 9.95. The number of rotatable bonds is 11. The number of aliphatic carboxylic acids is 1. The van der Waals surface area contributed by atoms with E-state index in [1.807, 2.05) is 30.3 Å². The molecule has 3 rings (SSSR count). The van der Waals surface area contributed by atoms with Gasteiger partial charge in [-0.25, -0.2) is 9.78 Å². The topological polar surface area (TPSA) is 92.4 Å². The van der Waals surface area contributed by atoms with Gasteiger partial charge in [0.15, 0.2) is 0 Å². The first-order valence-electron chi connectivity index (χ1n) is 10.6. The van der Waals surface area contributed by atoms with Crippen molar-refractivity contribution in [2.24, 2.45) is 5.92 Å². The number of hydrogen-bond donors (Lipinski definition) is 2. The van der Waals surface area contributed by atoms with Crippen LogP contribution >= 0.6 is 0 Å². The summed E-state index contributed by atoms with van der Waals surface area (Å²) in [5, 5.41) is 18.9. The molecule has 0 aliphatic carbocycles. The number of benzene rings is 2. The Morgan fingerprint density at radius 3 is 2.29 bits per heavy atom. The maximum Gasteiger partial charge on any atom is 0.335 e. The molecule has 0 amide bonds.